The summed E-state index contributed by atoms with van der Waals surface area (Å²) in [6, 6.07) is 7.80. The zero-order chi connectivity index (χ0) is 13.0. The van der Waals surface area contributed by atoms with E-state index in [1.165, 1.54) is 0 Å². The van der Waals surface area contributed by atoms with Crippen molar-refractivity contribution in [3.63, 3.8) is 0 Å². The lowest BCUT2D eigenvalue weighted by Crippen LogP contribution is -2.13. The Morgan fingerprint density at radius 1 is 1.33 bits per heavy atom. The maximum atomic E-state index is 9.48. The number of halogens is 1. The van der Waals surface area contributed by atoms with Gasteiger partial charge in [-0.3, -0.25) is 0 Å². The van der Waals surface area contributed by atoms with Gasteiger partial charge in [0.2, 0.25) is 0 Å². The molecule has 4 heteroatoms. The molecule has 0 spiro atoms. The van der Waals surface area contributed by atoms with Gasteiger partial charge >= 0.3 is 0 Å². The Balaban J connectivity index is 2.04. The van der Waals surface area contributed by atoms with E-state index in [1.807, 2.05) is 36.6 Å². The first-order valence-electron chi connectivity index (χ1n) is 5.94. The first kappa shape index (κ1) is 13.5. The third-order valence-electron chi connectivity index (χ3n) is 2.85. The number of aliphatic hydroxyl groups is 1. The molecule has 1 aromatic heterocycles. The van der Waals surface area contributed by atoms with Gasteiger partial charge in [0, 0.05) is 29.1 Å². The minimum absolute atomic E-state index is 0.157. The number of rotatable bonds is 5. The highest BCUT2D eigenvalue weighted by Crippen LogP contribution is 2.22. The Labute approximate surface area is 116 Å². The smallest absolute Gasteiger partial charge is 0.0931 e. The fourth-order valence-corrected chi connectivity index (χ4v) is 3.02. The summed E-state index contributed by atoms with van der Waals surface area (Å²) in [6.45, 7) is 2.14. The quantitative estimate of drug-likeness (QED) is 0.910. The number of aryl methyl sites for hydroxylation is 1. The normalized spacial score (nSPS) is 12.6. The second-order valence-corrected chi connectivity index (χ2v) is 5.78. The zero-order valence-electron chi connectivity index (χ0n) is 10.3. The Hall–Kier alpha value is -0.900. The molecule has 96 valence electrons. The SMILES string of the molecule is Cc1csc(CC(CO)Cc2ccccc2Cl)n1. The number of aliphatic hydroxyl groups excluding tert-OH is 1. The van der Waals surface area contributed by atoms with Crippen molar-refractivity contribution in [3.8, 4) is 0 Å². The second kappa shape index (κ2) is 6.32. The molecule has 0 amide bonds. The molecule has 0 aliphatic carbocycles. The van der Waals surface area contributed by atoms with Crippen LogP contribution in [-0.2, 0) is 12.8 Å². The summed E-state index contributed by atoms with van der Waals surface area (Å²) < 4.78 is 0. The van der Waals surface area contributed by atoms with Crippen LogP contribution in [0.1, 0.15) is 16.3 Å². The molecular weight excluding hydrogens is 266 g/mol. The zero-order valence-corrected chi connectivity index (χ0v) is 11.8. The molecule has 0 bridgehead atoms. The molecule has 0 saturated heterocycles. The van der Waals surface area contributed by atoms with Gasteiger partial charge in [0.1, 0.15) is 0 Å². The predicted molar refractivity (Wildman–Crippen MR) is 76.3 cm³/mol. The van der Waals surface area contributed by atoms with Crippen molar-refractivity contribution >= 4 is 22.9 Å². The summed E-state index contributed by atoms with van der Waals surface area (Å²) in [5.74, 6) is 0.176. The van der Waals surface area contributed by atoms with Crippen molar-refractivity contribution < 1.29 is 5.11 Å². The monoisotopic (exact) mass is 281 g/mol. The highest BCUT2D eigenvalue weighted by molar-refractivity contribution is 7.09. The number of thiazole rings is 1. The van der Waals surface area contributed by atoms with Crippen LogP contribution in [0.4, 0.5) is 0 Å². The van der Waals surface area contributed by atoms with Gasteiger partial charge in [-0.05, 0) is 30.9 Å². The number of hydrogen-bond donors (Lipinski definition) is 1. The molecule has 2 aromatic rings. The Bertz CT molecular complexity index is 512. The number of nitrogens with zero attached hydrogens (tertiary/aromatic N) is 1. The molecule has 1 atom stereocenters. The molecule has 2 nitrogen and oxygen atoms in total. The molecule has 1 N–H and O–H groups in total. The van der Waals surface area contributed by atoms with Gasteiger partial charge in [0.25, 0.3) is 0 Å². The van der Waals surface area contributed by atoms with Gasteiger partial charge in [0.15, 0.2) is 0 Å². The minimum Gasteiger partial charge on any atom is -0.396 e. The first-order chi connectivity index (χ1) is 8.69. The van der Waals surface area contributed by atoms with Crippen LogP contribution >= 0.6 is 22.9 Å². The summed E-state index contributed by atoms with van der Waals surface area (Å²) in [7, 11) is 0. The minimum atomic E-state index is 0.157. The summed E-state index contributed by atoms with van der Waals surface area (Å²) in [5.41, 5.74) is 2.14. The molecule has 1 heterocycles. The van der Waals surface area contributed by atoms with E-state index in [0.717, 1.165) is 34.1 Å². The van der Waals surface area contributed by atoms with E-state index in [2.05, 4.69) is 4.98 Å². The van der Waals surface area contributed by atoms with Crippen LogP contribution in [0.3, 0.4) is 0 Å². The molecule has 0 radical (unpaired) electrons. The van der Waals surface area contributed by atoms with Crippen LogP contribution < -0.4 is 0 Å². The van der Waals surface area contributed by atoms with Gasteiger partial charge < -0.3 is 5.11 Å². The molecule has 0 aliphatic rings. The van der Waals surface area contributed by atoms with E-state index in [1.54, 1.807) is 11.3 Å². The number of benzene rings is 1. The van der Waals surface area contributed by atoms with E-state index in [-0.39, 0.29) is 12.5 Å². The summed E-state index contributed by atoms with van der Waals surface area (Å²) in [5, 5.41) is 13.4. The molecule has 1 aromatic carbocycles. The van der Waals surface area contributed by atoms with E-state index >= 15 is 0 Å². The van der Waals surface area contributed by atoms with E-state index in [4.69, 9.17) is 11.6 Å². The summed E-state index contributed by atoms with van der Waals surface area (Å²) in [6.07, 6.45) is 1.59. The van der Waals surface area contributed by atoms with Gasteiger partial charge in [-0.15, -0.1) is 11.3 Å². The molecule has 18 heavy (non-hydrogen) atoms. The largest absolute Gasteiger partial charge is 0.396 e. The Morgan fingerprint density at radius 3 is 2.72 bits per heavy atom. The van der Waals surface area contributed by atoms with Crippen LogP contribution in [0.5, 0.6) is 0 Å². The lowest BCUT2D eigenvalue weighted by atomic mass is 9.97. The van der Waals surface area contributed by atoms with Gasteiger partial charge in [-0.25, -0.2) is 4.98 Å². The van der Waals surface area contributed by atoms with Crippen LogP contribution in [-0.4, -0.2) is 16.7 Å². The Morgan fingerprint density at radius 2 is 2.11 bits per heavy atom. The topological polar surface area (TPSA) is 33.1 Å². The van der Waals surface area contributed by atoms with Crippen molar-refractivity contribution in [1.29, 1.82) is 0 Å². The summed E-state index contributed by atoms with van der Waals surface area (Å²) >= 11 is 7.79. The molecule has 0 saturated carbocycles. The standard InChI is InChI=1S/C14H16ClNOS/c1-10-9-18-14(16-10)7-11(8-17)6-12-4-2-3-5-13(12)15/h2-5,9,11,17H,6-8H2,1H3. The average Bonchev–Trinajstić information content (AvgIpc) is 2.76. The van der Waals surface area contributed by atoms with Crippen LogP contribution in [0.2, 0.25) is 5.02 Å². The molecule has 0 aliphatic heterocycles. The van der Waals surface area contributed by atoms with Gasteiger partial charge in [0.05, 0.1) is 5.01 Å². The van der Waals surface area contributed by atoms with Crippen LogP contribution in [0.15, 0.2) is 29.6 Å². The van der Waals surface area contributed by atoms with Gasteiger partial charge in [-0.2, -0.15) is 0 Å². The Kier molecular flexibility index (Phi) is 4.75. The number of hydrogen-bond acceptors (Lipinski definition) is 3. The van der Waals surface area contributed by atoms with Gasteiger partial charge in [-0.1, -0.05) is 29.8 Å². The first-order valence-corrected chi connectivity index (χ1v) is 7.20. The molecular formula is C14H16ClNOS. The summed E-state index contributed by atoms with van der Waals surface area (Å²) in [4.78, 5) is 4.44. The maximum absolute atomic E-state index is 9.48. The van der Waals surface area contributed by atoms with Crippen molar-refractivity contribution in [1.82, 2.24) is 4.98 Å². The maximum Gasteiger partial charge on any atom is 0.0931 e. The third kappa shape index (κ3) is 3.55. The van der Waals surface area contributed by atoms with E-state index in [9.17, 15) is 5.11 Å². The third-order valence-corrected chi connectivity index (χ3v) is 4.21. The lowest BCUT2D eigenvalue weighted by molar-refractivity contribution is 0.225. The number of aromatic nitrogens is 1. The molecule has 1 unspecified atom stereocenters. The van der Waals surface area contributed by atoms with E-state index < -0.39 is 0 Å². The van der Waals surface area contributed by atoms with E-state index in [0.29, 0.717) is 0 Å². The highest BCUT2D eigenvalue weighted by atomic mass is 35.5. The molecule has 0 fully saturated rings. The predicted octanol–water partition coefficient (Wildman–Crippen LogP) is 3.50. The van der Waals surface area contributed by atoms with Crippen molar-refractivity contribution in [2.75, 3.05) is 6.61 Å². The highest BCUT2D eigenvalue weighted by Gasteiger charge is 2.13. The van der Waals surface area contributed by atoms with Crippen molar-refractivity contribution in [2.45, 2.75) is 19.8 Å². The van der Waals surface area contributed by atoms with Crippen LogP contribution in [0.25, 0.3) is 0 Å². The van der Waals surface area contributed by atoms with Crippen molar-refractivity contribution in [3.05, 3.63) is 50.9 Å². The second-order valence-electron chi connectivity index (χ2n) is 4.43. The average molecular weight is 282 g/mol. The molecule has 2 rings (SSSR count). The van der Waals surface area contributed by atoms with Crippen molar-refractivity contribution in [2.24, 2.45) is 5.92 Å². The lowest BCUT2D eigenvalue weighted by Gasteiger charge is -2.13. The fraction of sp³-hybridized carbons (Fsp3) is 0.357. The fourth-order valence-electron chi connectivity index (χ4n) is 1.92. The van der Waals surface area contributed by atoms with Crippen LogP contribution in [0, 0.1) is 12.8 Å².